The van der Waals surface area contributed by atoms with Gasteiger partial charge in [-0.1, -0.05) is 20.8 Å². The van der Waals surface area contributed by atoms with Crippen LogP contribution in [0.15, 0.2) is 6.07 Å². The fourth-order valence-corrected chi connectivity index (χ4v) is 2.47. The van der Waals surface area contributed by atoms with Gasteiger partial charge in [0, 0.05) is 31.3 Å². The summed E-state index contributed by atoms with van der Waals surface area (Å²) in [5.41, 5.74) is 1.06. The lowest BCUT2D eigenvalue weighted by molar-refractivity contribution is -0.142. The van der Waals surface area contributed by atoms with E-state index < -0.39 is 5.97 Å². The monoisotopic (exact) mass is 277 g/mol. The van der Waals surface area contributed by atoms with Crippen LogP contribution < -0.4 is 4.90 Å². The van der Waals surface area contributed by atoms with Gasteiger partial charge < -0.3 is 10.0 Å². The Hall–Kier alpha value is -1.65. The van der Waals surface area contributed by atoms with Crippen LogP contribution in [0.3, 0.4) is 0 Å². The molecule has 1 N–H and O–H groups in total. The number of hydrogen-bond donors (Lipinski definition) is 1. The zero-order valence-electron chi connectivity index (χ0n) is 12.5. The van der Waals surface area contributed by atoms with Crippen LogP contribution in [0.25, 0.3) is 0 Å². The maximum Gasteiger partial charge on any atom is 0.306 e. The van der Waals surface area contributed by atoms with Gasteiger partial charge in [0.2, 0.25) is 0 Å². The van der Waals surface area contributed by atoms with Crippen LogP contribution in [0.4, 0.5) is 5.82 Å². The van der Waals surface area contributed by atoms with Crippen LogP contribution in [0, 0.1) is 5.92 Å². The molecule has 0 unspecified atom stereocenters. The zero-order valence-corrected chi connectivity index (χ0v) is 12.5. The largest absolute Gasteiger partial charge is 0.481 e. The molecule has 1 aliphatic rings. The minimum Gasteiger partial charge on any atom is -0.481 e. The molecule has 0 aliphatic carbocycles. The fourth-order valence-electron chi connectivity index (χ4n) is 2.47. The summed E-state index contributed by atoms with van der Waals surface area (Å²) >= 11 is 0. The average Bonchev–Trinajstić information content (AvgIpc) is 2.46. The quantitative estimate of drug-likeness (QED) is 0.915. The SMILES string of the molecule is CCc1nc(C(C)C)cc(N2CCC(C(=O)O)CC2)n1. The van der Waals surface area contributed by atoms with Crippen molar-refractivity contribution in [2.24, 2.45) is 5.92 Å². The molecule has 1 aromatic rings. The van der Waals surface area contributed by atoms with E-state index in [-0.39, 0.29) is 5.92 Å². The molecular weight excluding hydrogens is 254 g/mol. The maximum atomic E-state index is 11.0. The number of nitrogens with zero attached hydrogens (tertiary/aromatic N) is 3. The van der Waals surface area contributed by atoms with Gasteiger partial charge in [0.05, 0.1) is 5.92 Å². The topological polar surface area (TPSA) is 66.3 Å². The number of aliphatic carboxylic acids is 1. The lowest BCUT2D eigenvalue weighted by Gasteiger charge is -2.31. The van der Waals surface area contributed by atoms with Crippen molar-refractivity contribution < 1.29 is 9.90 Å². The van der Waals surface area contributed by atoms with Gasteiger partial charge in [0.15, 0.2) is 0 Å². The minimum absolute atomic E-state index is 0.205. The lowest BCUT2D eigenvalue weighted by atomic mass is 9.97. The molecular formula is C15H23N3O2. The highest BCUT2D eigenvalue weighted by molar-refractivity contribution is 5.70. The molecule has 20 heavy (non-hydrogen) atoms. The predicted octanol–water partition coefficient (Wildman–Crippen LogP) is 2.46. The summed E-state index contributed by atoms with van der Waals surface area (Å²) in [5.74, 6) is 1.31. The number of aryl methyl sites for hydroxylation is 1. The van der Waals surface area contributed by atoms with E-state index in [4.69, 9.17) is 5.11 Å². The van der Waals surface area contributed by atoms with Gasteiger partial charge in [-0.05, 0) is 18.8 Å². The molecule has 0 amide bonds. The molecule has 0 radical (unpaired) electrons. The molecule has 1 saturated heterocycles. The Morgan fingerprint density at radius 3 is 2.55 bits per heavy atom. The highest BCUT2D eigenvalue weighted by Gasteiger charge is 2.25. The van der Waals surface area contributed by atoms with Crippen LogP contribution in [0.5, 0.6) is 0 Å². The van der Waals surface area contributed by atoms with Crippen LogP contribution >= 0.6 is 0 Å². The van der Waals surface area contributed by atoms with Crippen molar-refractivity contribution in [3.63, 3.8) is 0 Å². The maximum absolute atomic E-state index is 11.0. The zero-order chi connectivity index (χ0) is 14.7. The molecule has 5 heteroatoms. The number of aromatic nitrogens is 2. The molecule has 1 aromatic heterocycles. The minimum atomic E-state index is -0.676. The highest BCUT2D eigenvalue weighted by atomic mass is 16.4. The molecule has 2 rings (SSSR count). The van der Waals surface area contributed by atoms with E-state index in [1.165, 1.54) is 0 Å². The Morgan fingerprint density at radius 2 is 2.05 bits per heavy atom. The number of anilines is 1. The van der Waals surface area contributed by atoms with Crippen LogP contribution in [0.1, 0.15) is 51.0 Å². The molecule has 0 saturated carbocycles. The first-order valence-corrected chi connectivity index (χ1v) is 7.36. The summed E-state index contributed by atoms with van der Waals surface area (Å²) in [6.07, 6.45) is 2.20. The van der Waals surface area contributed by atoms with Crippen molar-refractivity contribution in [3.8, 4) is 0 Å². The average molecular weight is 277 g/mol. The number of carboxylic acid groups (broad SMARTS) is 1. The molecule has 1 fully saturated rings. The fraction of sp³-hybridized carbons (Fsp3) is 0.667. The third-order valence-electron chi connectivity index (χ3n) is 3.85. The molecule has 5 nitrogen and oxygen atoms in total. The van der Waals surface area contributed by atoms with E-state index in [2.05, 4.69) is 35.6 Å². The molecule has 0 atom stereocenters. The van der Waals surface area contributed by atoms with E-state index >= 15 is 0 Å². The smallest absolute Gasteiger partial charge is 0.306 e. The summed E-state index contributed by atoms with van der Waals surface area (Å²) in [5, 5.41) is 9.05. The first-order chi connectivity index (χ1) is 9.51. The molecule has 1 aliphatic heterocycles. The Balaban J connectivity index is 2.16. The Bertz CT molecular complexity index is 480. The Kier molecular flexibility index (Phi) is 4.57. The number of piperidine rings is 1. The first kappa shape index (κ1) is 14.8. The summed E-state index contributed by atoms with van der Waals surface area (Å²) in [7, 11) is 0. The Morgan fingerprint density at radius 1 is 1.40 bits per heavy atom. The second kappa shape index (κ2) is 6.20. The third-order valence-corrected chi connectivity index (χ3v) is 3.85. The normalized spacial score (nSPS) is 16.7. The van der Waals surface area contributed by atoms with Gasteiger partial charge in [-0.15, -0.1) is 0 Å². The summed E-state index contributed by atoms with van der Waals surface area (Å²) in [6.45, 7) is 7.83. The van der Waals surface area contributed by atoms with Crippen LogP contribution in [-0.2, 0) is 11.2 Å². The number of carboxylic acids is 1. The predicted molar refractivity (Wildman–Crippen MR) is 78.1 cm³/mol. The van der Waals surface area contributed by atoms with Crippen molar-refractivity contribution in [1.82, 2.24) is 9.97 Å². The van der Waals surface area contributed by atoms with Crippen molar-refractivity contribution in [2.75, 3.05) is 18.0 Å². The highest BCUT2D eigenvalue weighted by Crippen LogP contribution is 2.24. The summed E-state index contributed by atoms with van der Waals surface area (Å²) < 4.78 is 0. The molecule has 110 valence electrons. The van der Waals surface area contributed by atoms with Gasteiger partial charge >= 0.3 is 5.97 Å². The van der Waals surface area contributed by atoms with Gasteiger partial charge in [-0.25, -0.2) is 9.97 Å². The van der Waals surface area contributed by atoms with Gasteiger partial charge in [-0.2, -0.15) is 0 Å². The number of carbonyl (C=O) groups is 1. The van der Waals surface area contributed by atoms with Gasteiger partial charge in [0.1, 0.15) is 11.6 Å². The molecule has 0 spiro atoms. The van der Waals surface area contributed by atoms with Crippen molar-refractivity contribution in [2.45, 2.75) is 46.0 Å². The third kappa shape index (κ3) is 3.26. The molecule has 0 aromatic carbocycles. The van der Waals surface area contributed by atoms with Gasteiger partial charge in [-0.3, -0.25) is 4.79 Å². The van der Waals surface area contributed by atoms with E-state index in [1.807, 2.05) is 6.07 Å². The first-order valence-electron chi connectivity index (χ1n) is 7.36. The second-order valence-electron chi connectivity index (χ2n) is 5.68. The van der Waals surface area contributed by atoms with Crippen molar-refractivity contribution >= 4 is 11.8 Å². The van der Waals surface area contributed by atoms with E-state index in [0.717, 1.165) is 36.8 Å². The second-order valence-corrected chi connectivity index (χ2v) is 5.68. The van der Waals surface area contributed by atoms with Crippen molar-refractivity contribution in [1.29, 1.82) is 0 Å². The van der Waals surface area contributed by atoms with Crippen LogP contribution in [-0.4, -0.2) is 34.1 Å². The summed E-state index contributed by atoms with van der Waals surface area (Å²) in [6, 6.07) is 2.05. The van der Waals surface area contributed by atoms with E-state index in [0.29, 0.717) is 18.8 Å². The number of rotatable bonds is 4. The van der Waals surface area contributed by atoms with Crippen molar-refractivity contribution in [3.05, 3.63) is 17.6 Å². The standard InChI is InChI=1S/C15H23N3O2/c1-4-13-16-12(10(2)3)9-14(17-13)18-7-5-11(6-8-18)15(19)20/h9-11H,4-8H2,1-3H3,(H,19,20). The van der Waals surface area contributed by atoms with Crippen LogP contribution in [0.2, 0.25) is 0 Å². The Labute approximate surface area is 120 Å². The molecule has 0 bridgehead atoms. The summed E-state index contributed by atoms with van der Waals surface area (Å²) in [4.78, 5) is 22.3. The van der Waals surface area contributed by atoms with Gasteiger partial charge in [0.25, 0.3) is 0 Å². The van der Waals surface area contributed by atoms with E-state index in [1.54, 1.807) is 0 Å². The van der Waals surface area contributed by atoms with E-state index in [9.17, 15) is 4.79 Å². The number of hydrogen-bond acceptors (Lipinski definition) is 4. The molecule has 2 heterocycles. The lowest BCUT2D eigenvalue weighted by Crippen LogP contribution is -2.37.